The number of rotatable bonds is 62. The van der Waals surface area contributed by atoms with Crippen molar-refractivity contribution in [3.63, 3.8) is 0 Å². The van der Waals surface area contributed by atoms with Gasteiger partial charge < -0.3 is 89.1 Å². The van der Waals surface area contributed by atoms with Gasteiger partial charge in [-0.15, -0.1) is 0 Å². The maximum Gasteiger partial charge on any atom is 0.472 e. The van der Waals surface area contributed by atoms with E-state index in [-0.39, 0.29) is 19.3 Å². The average Bonchev–Trinajstić information content (AvgIpc) is 0.761. The van der Waals surface area contributed by atoms with E-state index in [0.717, 1.165) is 83.5 Å². The Morgan fingerprint density at radius 3 is 1.09 bits per heavy atom. The summed E-state index contributed by atoms with van der Waals surface area (Å²) in [4.78, 5) is 51.0. The molecule has 1 aliphatic carbocycles. The Labute approximate surface area is 599 Å². The minimum absolute atomic E-state index is 0.0325. The van der Waals surface area contributed by atoms with E-state index >= 15 is 0 Å². The van der Waals surface area contributed by atoms with Gasteiger partial charge in [0, 0.05) is 19.3 Å². The van der Waals surface area contributed by atoms with Gasteiger partial charge in [-0.2, -0.15) is 0 Å². The van der Waals surface area contributed by atoms with Gasteiger partial charge in [-0.1, -0.05) is 264 Å². The van der Waals surface area contributed by atoms with E-state index in [4.69, 9.17) is 42.2 Å². The van der Waals surface area contributed by atoms with Gasteiger partial charge in [0.05, 0.1) is 13.2 Å². The lowest BCUT2D eigenvalue weighted by atomic mass is 9.84. The normalized spacial score (nSPS) is 27.3. The molecular weight excluding hydrogens is 1320 g/mol. The molecule has 2 saturated heterocycles. The van der Waals surface area contributed by atoms with Crippen LogP contribution in [0.2, 0.25) is 0 Å². The van der Waals surface area contributed by atoms with E-state index in [1.807, 2.05) is 0 Å². The first-order chi connectivity index (χ1) is 48.3. The van der Waals surface area contributed by atoms with Gasteiger partial charge in [0.25, 0.3) is 0 Å². The number of aliphatic hydroxyl groups is 10. The number of phosphoric acid groups is 1. The van der Waals surface area contributed by atoms with E-state index in [2.05, 4.69) is 32.9 Å². The maximum absolute atomic E-state index is 14.3. The molecule has 2 aliphatic heterocycles. The second-order valence-corrected chi connectivity index (χ2v) is 29.8. The van der Waals surface area contributed by atoms with Gasteiger partial charge in [0.2, 0.25) is 0 Å². The average molecular weight is 1460 g/mol. The van der Waals surface area contributed by atoms with Crippen molar-refractivity contribution in [3.8, 4) is 0 Å². The van der Waals surface area contributed by atoms with E-state index in [1.165, 1.54) is 167 Å². The largest absolute Gasteiger partial charge is 0.472 e. The first kappa shape index (κ1) is 91.9. The Hall–Kier alpha value is -2.30. The van der Waals surface area contributed by atoms with Crippen LogP contribution in [0.4, 0.5) is 0 Å². The monoisotopic (exact) mass is 1450 g/mol. The zero-order chi connectivity index (χ0) is 73.2. The summed E-state index contributed by atoms with van der Waals surface area (Å²) in [6.45, 7) is 3.46. The van der Waals surface area contributed by atoms with Gasteiger partial charge >= 0.3 is 25.7 Å². The van der Waals surface area contributed by atoms with Crippen LogP contribution < -0.4 is 0 Å². The van der Waals surface area contributed by atoms with Crippen LogP contribution in [-0.4, -0.2) is 204 Å². The summed E-state index contributed by atoms with van der Waals surface area (Å²) in [6, 6.07) is 0. The fourth-order valence-corrected chi connectivity index (χ4v) is 14.1. The van der Waals surface area contributed by atoms with Crippen LogP contribution >= 0.6 is 7.82 Å². The molecule has 11 N–H and O–H groups in total. The third-order valence-electron chi connectivity index (χ3n) is 19.5. The van der Waals surface area contributed by atoms with Crippen molar-refractivity contribution in [3.05, 3.63) is 12.2 Å². The summed E-state index contributed by atoms with van der Waals surface area (Å²) < 4.78 is 65.1. The molecule has 3 fully saturated rings. The molecule has 100 heavy (non-hydrogen) atoms. The van der Waals surface area contributed by atoms with E-state index in [1.54, 1.807) is 0 Å². The molecule has 25 heteroatoms. The molecule has 0 aromatic rings. The van der Waals surface area contributed by atoms with Crippen molar-refractivity contribution in [2.45, 2.75) is 420 Å². The molecule has 3 rings (SSSR count). The van der Waals surface area contributed by atoms with Crippen LogP contribution in [0.15, 0.2) is 12.2 Å². The first-order valence-corrected chi connectivity index (χ1v) is 41.0. The number of hydrogen-bond acceptors (Lipinski definition) is 23. The molecule has 24 nitrogen and oxygen atoms in total. The summed E-state index contributed by atoms with van der Waals surface area (Å²) >= 11 is 0. The van der Waals surface area contributed by atoms with E-state index < -0.39 is 156 Å². The van der Waals surface area contributed by atoms with Gasteiger partial charge in [-0.3, -0.25) is 23.4 Å². The highest BCUT2D eigenvalue weighted by Gasteiger charge is 2.58. The van der Waals surface area contributed by atoms with Crippen LogP contribution in [-0.2, 0) is 61.2 Å². The Bertz CT molecular complexity index is 2110. The standard InChI is InChI=1S/C75H139O24P/c1-4-7-10-13-16-19-22-25-27-28-30-33-35-38-41-44-47-50-60(78)92-55-58-63(81)65(83)70(88)75(96-58)98-72-68(86)66(84)67(85)71(97-74-69(87)64(82)62(80)57(52-76)95-74)73(72)99-100(89,90)93-54-56(94-61(79)51-48-45-42-39-36-31-24-21-18-15-12-9-6-3)53-91-59(77)49-46-43-40-37-34-32-29-26-23-20-17-14-11-8-5-2/h31,36,56-58,62-76,80-88H,4-30,32-35,37-55H2,1-3H3,(H,89,90)/b36-31-. The van der Waals surface area contributed by atoms with Gasteiger partial charge in [0.15, 0.2) is 18.7 Å². The highest BCUT2D eigenvalue weighted by atomic mass is 31.2. The van der Waals surface area contributed by atoms with Crippen molar-refractivity contribution < 1.29 is 117 Å². The third kappa shape index (κ3) is 39.3. The number of hydrogen-bond donors (Lipinski definition) is 11. The molecular formula is C75H139O24P. The van der Waals surface area contributed by atoms with Crippen molar-refractivity contribution in [1.82, 2.24) is 0 Å². The quantitative estimate of drug-likeness (QED) is 0.00886. The highest BCUT2D eigenvalue weighted by Crippen LogP contribution is 2.49. The van der Waals surface area contributed by atoms with Crippen LogP contribution in [0, 0.1) is 0 Å². The fraction of sp³-hybridized carbons (Fsp3) is 0.933. The fourth-order valence-electron chi connectivity index (χ4n) is 13.1. The van der Waals surface area contributed by atoms with Crippen molar-refractivity contribution >= 4 is 25.7 Å². The number of ether oxygens (including phenoxy) is 7. The molecule has 0 aromatic heterocycles. The van der Waals surface area contributed by atoms with Gasteiger partial charge in [-0.05, 0) is 44.9 Å². The predicted octanol–water partition coefficient (Wildman–Crippen LogP) is 11.5. The molecule has 3 aliphatic rings. The smallest absolute Gasteiger partial charge is 0.463 e. The van der Waals surface area contributed by atoms with Gasteiger partial charge in [-0.25, -0.2) is 4.57 Å². The number of esters is 3. The molecule has 18 atom stereocenters. The molecule has 0 amide bonds. The van der Waals surface area contributed by atoms with Crippen LogP contribution in [0.25, 0.3) is 0 Å². The lowest BCUT2D eigenvalue weighted by Crippen LogP contribution is -2.69. The first-order valence-electron chi connectivity index (χ1n) is 39.5. The van der Waals surface area contributed by atoms with E-state index in [9.17, 15) is 74.9 Å². The lowest BCUT2D eigenvalue weighted by molar-refractivity contribution is -0.360. The number of allylic oxidation sites excluding steroid dienone is 2. The second kappa shape index (κ2) is 57.0. The topological polar surface area (TPSA) is 374 Å². The van der Waals surface area contributed by atoms with Crippen LogP contribution in [0.1, 0.15) is 316 Å². The Balaban J connectivity index is 1.70. The summed E-state index contributed by atoms with van der Waals surface area (Å²) in [5.41, 5.74) is 0. The molecule has 588 valence electrons. The Kier molecular flexibility index (Phi) is 52.3. The molecule has 18 unspecified atom stereocenters. The summed E-state index contributed by atoms with van der Waals surface area (Å²) in [7, 11) is -5.70. The van der Waals surface area contributed by atoms with Crippen molar-refractivity contribution in [1.29, 1.82) is 0 Å². The van der Waals surface area contributed by atoms with Crippen LogP contribution in [0.3, 0.4) is 0 Å². The number of unbranched alkanes of at least 4 members (excludes halogenated alkanes) is 39. The molecule has 0 aromatic carbocycles. The van der Waals surface area contributed by atoms with Crippen LogP contribution in [0.5, 0.6) is 0 Å². The van der Waals surface area contributed by atoms with Gasteiger partial charge in [0.1, 0.15) is 98.7 Å². The number of carbonyl (C=O) groups is 3. The lowest BCUT2D eigenvalue weighted by Gasteiger charge is -2.49. The Morgan fingerprint density at radius 1 is 0.380 bits per heavy atom. The summed E-state index contributed by atoms with van der Waals surface area (Å²) in [6.07, 6.45) is 16.9. The molecule has 1 saturated carbocycles. The minimum Gasteiger partial charge on any atom is -0.463 e. The highest BCUT2D eigenvalue weighted by molar-refractivity contribution is 7.47. The molecule has 2 heterocycles. The number of phosphoric ester groups is 1. The summed E-state index contributed by atoms with van der Waals surface area (Å²) in [5.74, 6) is -2.00. The number of aliphatic hydroxyl groups excluding tert-OH is 10. The van der Waals surface area contributed by atoms with E-state index in [0.29, 0.717) is 25.7 Å². The Morgan fingerprint density at radius 2 is 0.700 bits per heavy atom. The summed E-state index contributed by atoms with van der Waals surface area (Å²) in [5, 5.41) is 110. The minimum atomic E-state index is -5.70. The van der Waals surface area contributed by atoms with Crippen molar-refractivity contribution in [2.75, 3.05) is 26.4 Å². The maximum atomic E-state index is 14.3. The zero-order valence-electron chi connectivity index (χ0n) is 61.5. The zero-order valence-corrected chi connectivity index (χ0v) is 62.4. The molecule has 0 spiro atoms. The third-order valence-corrected chi connectivity index (χ3v) is 20.5. The SMILES string of the molecule is CCCCCCCC/C=C\CCCCCC(=O)OC(COC(=O)CCCCCCCCCCCCCCCCC)COP(=O)(O)OC1C(OC2OC(CO)C(O)C(O)C2O)C(O)C(O)C(O)C1OC1OC(COC(=O)CCCCCCCCCCCCCCCCCCC)C(O)C(O)C1O. The molecule has 0 bridgehead atoms. The van der Waals surface area contributed by atoms with Crippen molar-refractivity contribution in [2.24, 2.45) is 0 Å². The molecule has 0 radical (unpaired) electrons. The predicted molar refractivity (Wildman–Crippen MR) is 379 cm³/mol. The second-order valence-electron chi connectivity index (χ2n) is 28.4. The number of carbonyl (C=O) groups excluding carboxylic acids is 3.